The van der Waals surface area contributed by atoms with Gasteiger partial charge in [-0.1, -0.05) is 24.3 Å². The molecule has 0 atom stereocenters. The Labute approximate surface area is 127 Å². The maximum Gasteiger partial charge on any atom is 0.251 e. The molecule has 4 heteroatoms. The van der Waals surface area contributed by atoms with Gasteiger partial charge >= 0.3 is 0 Å². The Bertz CT molecular complexity index is 626. The molecule has 0 bridgehead atoms. The summed E-state index contributed by atoms with van der Waals surface area (Å²) >= 11 is 3.32. The molecule has 1 amide bonds. The molecule has 0 aliphatic rings. The Balaban J connectivity index is 1.92. The number of halogens is 1. The van der Waals surface area contributed by atoms with Crippen LogP contribution in [-0.4, -0.2) is 12.5 Å². The van der Waals surface area contributed by atoms with E-state index in [9.17, 15) is 4.79 Å². The lowest BCUT2D eigenvalue weighted by Crippen LogP contribution is -2.25. The number of anilines is 1. The van der Waals surface area contributed by atoms with Crippen molar-refractivity contribution >= 4 is 27.5 Å². The van der Waals surface area contributed by atoms with Crippen molar-refractivity contribution in [3.63, 3.8) is 0 Å². The van der Waals surface area contributed by atoms with Gasteiger partial charge in [0.25, 0.3) is 5.91 Å². The Morgan fingerprint density at radius 1 is 1.25 bits per heavy atom. The summed E-state index contributed by atoms with van der Waals surface area (Å²) in [5.41, 5.74) is 9.44. The van der Waals surface area contributed by atoms with Gasteiger partial charge in [0.2, 0.25) is 0 Å². The highest BCUT2D eigenvalue weighted by Crippen LogP contribution is 2.20. The predicted octanol–water partition coefficient (Wildman–Crippen LogP) is 3.31. The largest absolute Gasteiger partial charge is 0.398 e. The highest BCUT2D eigenvalue weighted by molar-refractivity contribution is 9.10. The Kier molecular flexibility index (Phi) is 4.79. The molecule has 2 rings (SSSR count). The average Bonchev–Trinajstić information content (AvgIpc) is 2.44. The van der Waals surface area contributed by atoms with Crippen LogP contribution >= 0.6 is 15.9 Å². The molecular formula is C16H17BrN2O. The Morgan fingerprint density at radius 2 is 2.00 bits per heavy atom. The first-order chi connectivity index (χ1) is 9.58. The maximum absolute atomic E-state index is 12.0. The number of nitrogen functional groups attached to an aromatic ring is 1. The third kappa shape index (κ3) is 3.61. The van der Waals surface area contributed by atoms with Crippen LogP contribution in [0.2, 0.25) is 0 Å². The fourth-order valence-electron chi connectivity index (χ4n) is 1.97. The van der Waals surface area contributed by atoms with Crippen molar-refractivity contribution < 1.29 is 4.79 Å². The molecule has 0 radical (unpaired) electrons. The van der Waals surface area contributed by atoms with E-state index in [1.807, 2.05) is 12.1 Å². The first-order valence-corrected chi connectivity index (χ1v) is 7.25. The topological polar surface area (TPSA) is 55.1 Å². The second kappa shape index (κ2) is 6.57. The minimum absolute atomic E-state index is 0.0840. The first-order valence-electron chi connectivity index (χ1n) is 6.45. The van der Waals surface area contributed by atoms with Gasteiger partial charge < -0.3 is 11.1 Å². The molecule has 2 aromatic rings. The molecule has 0 heterocycles. The first kappa shape index (κ1) is 14.6. The Morgan fingerprint density at radius 3 is 2.70 bits per heavy atom. The van der Waals surface area contributed by atoms with E-state index in [1.54, 1.807) is 18.2 Å². The molecule has 0 unspecified atom stereocenters. The van der Waals surface area contributed by atoms with Crippen LogP contribution in [0.1, 0.15) is 21.5 Å². The molecule has 3 N–H and O–H groups in total. The van der Waals surface area contributed by atoms with E-state index in [0.717, 1.165) is 10.9 Å². The third-order valence-corrected chi connectivity index (χ3v) is 3.89. The smallest absolute Gasteiger partial charge is 0.251 e. The molecule has 0 fully saturated rings. The molecule has 0 aliphatic carbocycles. The van der Waals surface area contributed by atoms with E-state index in [1.165, 1.54) is 11.1 Å². The number of nitrogens with two attached hydrogens (primary N) is 1. The second-order valence-corrected chi connectivity index (χ2v) is 5.52. The van der Waals surface area contributed by atoms with Crippen LogP contribution in [0, 0.1) is 6.92 Å². The van der Waals surface area contributed by atoms with Gasteiger partial charge in [0, 0.05) is 22.3 Å². The summed E-state index contributed by atoms with van der Waals surface area (Å²) in [6, 6.07) is 13.4. The molecule has 0 saturated heterocycles. The van der Waals surface area contributed by atoms with Crippen LogP contribution in [0.15, 0.2) is 46.9 Å². The quantitative estimate of drug-likeness (QED) is 0.844. The van der Waals surface area contributed by atoms with E-state index < -0.39 is 0 Å². The highest BCUT2D eigenvalue weighted by Gasteiger charge is 2.07. The second-order valence-electron chi connectivity index (χ2n) is 4.67. The van der Waals surface area contributed by atoms with Gasteiger partial charge in [-0.05, 0) is 58.6 Å². The maximum atomic E-state index is 12.0. The van der Waals surface area contributed by atoms with E-state index in [0.29, 0.717) is 17.8 Å². The van der Waals surface area contributed by atoms with Gasteiger partial charge in [0.05, 0.1) is 0 Å². The Hall–Kier alpha value is -1.81. The summed E-state index contributed by atoms with van der Waals surface area (Å²) in [6.45, 7) is 2.69. The van der Waals surface area contributed by atoms with Gasteiger partial charge in [-0.3, -0.25) is 4.79 Å². The van der Waals surface area contributed by atoms with Gasteiger partial charge in [-0.25, -0.2) is 0 Å². The van der Waals surface area contributed by atoms with E-state index in [4.69, 9.17) is 5.73 Å². The van der Waals surface area contributed by atoms with Gasteiger partial charge in [0.1, 0.15) is 0 Å². The molecule has 3 nitrogen and oxygen atoms in total. The van der Waals surface area contributed by atoms with Crippen molar-refractivity contribution in [2.45, 2.75) is 13.3 Å². The van der Waals surface area contributed by atoms with E-state index >= 15 is 0 Å². The van der Waals surface area contributed by atoms with Crippen molar-refractivity contribution in [1.82, 2.24) is 5.32 Å². The van der Waals surface area contributed by atoms with Crippen LogP contribution in [0.3, 0.4) is 0 Å². The summed E-state index contributed by atoms with van der Waals surface area (Å²) in [5, 5.41) is 2.92. The molecule has 20 heavy (non-hydrogen) atoms. The zero-order valence-electron chi connectivity index (χ0n) is 11.3. The van der Waals surface area contributed by atoms with Crippen molar-refractivity contribution in [2.75, 3.05) is 12.3 Å². The number of rotatable bonds is 4. The number of hydrogen-bond acceptors (Lipinski definition) is 2. The average molecular weight is 333 g/mol. The van der Waals surface area contributed by atoms with Crippen LogP contribution in [-0.2, 0) is 6.42 Å². The molecule has 0 aromatic heterocycles. The van der Waals surface area contributed by atoms with Crippen molar-refractivity contribution in [3.05, 3.63) is 63.6 Å². The fraction of sp³-hybridized carbons (Fsp3) is 0.188. The number of aryl methyl sites for hydroxylation is 1. The number of benzene rings is 2. The van der Waals surface area contributed by atoms with Crippen molar-refractivity contribution in [3.8, 4) is 0 Å². The minimum atomic E-state index is -0.0840. The van der Waals surface area contributed by atoms with Crippen molar-refractivity contribution in [2.24, 2.45) is 0 Å². The molecule has 0 saturated carbocycles. The number of carbonyl (C=O) groups is 1. The summed E-state index contributed by atoms with van der Waals surface area (Å²) in [7, 11) is 0. The lowest BCUT2D eigenvalue weighted by molar-refractivity contribution is 0.0954. The number of carbonyl (C=O) groups excluding carboxylic acids is 1. The number of amides is 1. The van der Waals surface area contributed by atoms with Gasteiger partial charge in [0.15, 0.2) is 0 Å². The van der Waals surface area contributed by atoms with E-state index in [-0.39, 0.29) is 5.91 Å². The number of hydrogen-bond donors (Lipinski definition) is 2. The molecule has 0 aliphatic heterocycles. The number of nitrogens with one attached hydrogen (secondary N) is 1. The summed E-state index contributed by atoms with van der Waals surface area (Å²) in [4.78, 5) is 12.0. The molecule has 2 aromatic carbocycles. The lowest BCUT2D eigenvalue weighted by Gasteiger charge is -2.08. The summed E-state index contributed by atoms with van der Waals surface area (Å²) in [5.74, 6) is -0.0840. The summed E-state index contributed by atoms with van der Waals surface area (Å²) < 4.78 is 0.740. The molecular weight excluding hydrogens is 316 g/mol. The van der Waals surface area contributed by atoms with E-state index in [2.05, 4.69) is 40.3 Å². The van der Waals surface area contributed by atoms with Gasteiger partial charge in [-0.15, -0.1) is 0 Å². The van der Waals surface area contributed by atoms with Crippen LogP contribution in [0.4, 0.5) is 5.69 Å². The predicted molar refractivity (Wildman–Crippen MR) is 85.8 cm³/mol. The standard InChI is InChI=1S/C16H17BrN2O/c1-11-4-2-3-5-12(11)8-9-19-16(20)13-6-7-15(18)14(17)10-13/h2-7,10H,8-9,18H2,1H3,(H,19,20). The monoisotopic (exact) mass is 332 g/mol. The molecule has 0 spiro atoms. The third-order valence-electron chi connectivity index (χ3n) is 3.20. The highest BCUT2D eigenvalue weighted by atomic mass is 79.9. The SMILES string of the molecule is Cc1ccccc1CCNC(=O)c1ccc(N)c(Br)c1. The van der Waals surface area contributed by atoms with Gasteiger partial charge in [-0.2, -0.15) is 0 Å². The fourth-order valence-corrected chi connectivity index (χ4v) is 2.35. The van der Waals surface area contributed by atoms with Crippen LogP contribution in [0.5, 0.6) is 0 Å². The van der Waals surface area contributed by atoms with Crippen molar-refractivity contribution in [1.29, 1.82) is 0 Å². The normalized spacial score (nSPS) is 10.3. The van der Waals surface area contributed by atoms with Crippen LogP contribution < -0.4 is 11.1 Å². The van der Waals surface area contributed by atoms with Crippen LogP contribution in [0.25, 0.3) is 0 Å². The minimum Gasteiger partial charge on any atom is -0.398 e. The zero-order valence-corrected chi connectivity index (χ0v) is 12.9. The summed E-state index contributed by atoms with van der Waals surface area (Å²) in [6.07, 6.45) is 0.828. The molecule has 104 valence electrons. The zero-order chi connectivity index (χ0) is 14.5. The lowest BCUT2D eigenvalue weighted by atomic mass is 10.1.